The van der Waals surface area contributed by atoms with E-state index in [2.05, 4.69) is 32.7 Å². The molecule has 12 heteroatoms. The fourth-order valence-electron chi connectivity index (χ4n) is 4.52. The fraction of sp³-hybridized carbons (Fsp3) is 0.333. The number of fused-ring (bicyclic) bond motifs is 2. The monoisotopic (exact) mass is 498 g/mol. The van der Waals surface area contributed by atoms with Crippen molar-refractivity contribution in [2.75, 3.05) is 5.32 Å². The number of anilines is 1. The molecule has 0 radical (unpaired) electrons. The molecule has 2 N–H and O–H groups in total. The average molecular weight is 498 g/mol. The van der Waals surface area contributed by atoms with Gasteiger partial charge in [0.05, 0.1) is 11.2 Å². The maximum atomic E-state index is 13.3. The maximum absolute atomic E-state index is 13.3. The van der Waals surface area contributed by atoms with Crippen LogP contribution in [-0.2, 0) is 18.4 Å². The summed E-state index contributed by atoms with van der Waals surface area (Å²) in [5.74, 6) is 0.681. The molecule has 1 fully saturated rings. The van der Waals surface area contributed by atoms with Crippen LogP contribution in [-0.4, -0.2) is 37.9 Å². The quantitative estimate of drug-likeness (QED) is 0.411. The molecule has 4 heterocycles. The number of carbonyl (C=O) groups is 1. The molecule has 1 amide bonds. The Bertz CT molecular complexity index is 1470. The molecule has 1 aromatic carbocycles. The summed E-state index contributed by atoms with van der Waals surface area (Å²) in [5.41, 5.74) is 0.448. The second kappa shape index (κ2) is 8.05. The SMILES string of the molecule is C[C@H]1Cc2c(ncnc2Oc2ccc3c(ccn3C(=O)Nc3cc(C4(C(F)(F)F)CC4)on3)c2)CN1. The van der Waals surface area contributed by atoms with Crippen LogP contribution >= 0.6 is 0 Å². The third kappa shape index (κ3) is 3.77. The van der Waals surface area contributed by atoms with E-state index in [1.54, 1.807) is 30.5 Å². The molecule has 0 bridgehead atoms. The van der Waals surface area contributed by atoms with Gasteiger partial charge in [-0.3, -0.25) is 9.88 Å². The van der Waals surface area contributed by atoms with Crippen molar-refractivity contribution in [2.45, 2.75) is 50.4 Å². The first-order valence-corrected chi connectivity index (χ1v) is 11.4. The molecule has 1 saturated carbocycles. The van der Waals surface area contributed by atoms with Gasteiger partial charge >= 0.3 is 12.2 Å². The van der Waals surface area contributed by atoms with E-state index in [1.807, 2.05) is 0 Å². The molecule has 4 aromatic rings. The number of carbonyl (C=O) groups excluding carboxylic acids is 1. The van der Waals surface area contributed by atoms with E-state index in [9.17, 15) is 18.0 Å². The number of benzene rings is 1. The van der Waals surface area contributed by atoms with Crippen LogP contribution in [0.25, 0.3) is 10.9 Å². The molecular formula is C24H21F3N6O3. The first-order valence-electron chi connectivity index (χ1n) is 11.4. The molecule has 1 aliphatic carbocycles. The van der Waals surface area contributed by atoms with Gasteiger partial charge in [0.15, 0.2) is 11.6 Å². The molecule has 36 heavy (non-hydrogen) atoms. The zero-order valence-electron chi connectivity index (χ0n) is 19.1. The summed E-state index contributed by atoms with van der Waals surface area (Å²) in [6.07, 6.45) is -0.759. The molecule has 2 aliphatic rings. The van der Waals surface area contributed by atoms with E-state index in [4.69, 9.17) is 9.26 Å². The molecule has 9 nitrogen and oxygen atoms in total. The minimum Gasteiger partial charge on any atom is -0.439 e. The first kappa shape index (κ1) is 22.5. The van der Waals surface area contributed by atoms with Gasteiger partial charge in [-0.15, -0.1) is 0 Å². The van der Waals surface area contributed by atoms with Gasteiger partial charge in [-0.05, 0) is 50.5 Å². The highest BCUT2D eigenvalue weighted by Gasteiger charge is 2.66. The number of ether oxygens (including phenoxy) is 1. The van der Waals surface area contributed by atoms with Crippen LogP contribution in [0.5, 0.6) is 11.6 Å². The number of hydrogen-bond donors (Lipinski definition) is 2. The lowest BCUT2D eigenvalue weighted by molar-refractivity contribution is -0.165. The Hall–Kier alpha value is -3.93. The van der Waals surface area contributed by atoms with Crippen LogP contribution in [0.4, 0.5) is 23.8 Å². The summed E-state index contributed by atoms with van der Waals surface area (Å²) in [5, 5.41) is 10.2. The maximum Gasteiger partial charge on any atom is 0.401 e. The van der Waals surface area contributed by atoms with Gasteiger partial charge in [-0.25, -0.2) is 14.8 Å². The molecule has 0 unspecified atom stereocenters. The normalized spacial score (nSPS) is 18.6. The molecule has 186 valence electrons. The van der Waals surface area contributed by atoms with Crippen molar-refractivity contribution < 1.29 is 27.2 Å². The number of rotatable bonds is 4. The lowest BCUT2D eigenvalue weighted by atomic mass is 10.0. The predicted molar refractivity (Wildman–Crippen MR) is 122 cm³/mol. The Morgan fingerprint density at radius 3 is 2.86 bits per heavy atom. The zero-order chi connectivity index (χ0) is 25.1. The van der Waals surface area contributed by atoms with Crippen LogP contribution in [0.15, 0.2) is 47.4 Å². The van der Waals surface area contributed by atoms with Crippen LogP contribution in [0.2, 0.25) is 0 Å². The summed E-state index contributed by atoms with van der Waals surface area (Å²) in [6.45, 7) is 2.73. The zero-order valence-corrected chi connectivity index (χ0v) is 19.1. The molecule has 6 rings (SSSR count). The Balaban J connectivity index is 1.20. The largest absolute Gasteiger partial charge is 0.439 e. The number of nitrogens with one attached hydrogen (secondary N) is 2. The van der Waals surface area contributed by atoms with Crippen LogP contribution in [0.1, 0.15) is 36.8 Å². The van der Waals surface area contributed by atoms with E-state index >= 15 is 0 Å². The Morgan fingerprint density at radius 2 is 2.08 bits per heavy atom. The second-order valence-corrected chi connectivity index (χ2v) is 9.18. The predicted octanol–water partition coefficient (Wildman–Crippen LogP) is 4.92. The second-order valence-electron chi connectivity index (χ2n) is 9.18. The van der Waals surface area contributed by atoms with Crippen molar-refractivity contribution >= 4 is 22.8 Å². The lowest BCUT2D eigenvalue weighted by Crippen LogP contribution is -2.33. The number of aromatic nitrogens is 4. The highest BCUT2D eigenvalue weighted by atomic mass is 19.4. The number of alkyl halides is 3. The highest BCUT2D eigenvalue weighted by molar-refractivity contribution is 5.98. The van der Waals surface area contributed by atoms with Crippen molar-refractivity contribution in [1.29, 1.82) is 0 Å². The number of hydrogen-bond acceptors (Lipinski definition) is 7. The average Bonchev–Trinajstić information content (AvgIpc) is 3.36. The van der Waals surface area contributed by atoms with Gasteiger partial charge in [0.25, 0.3) is 0 Å². The van der Waals surface area contributed by atoms with Gasteiger partial charge in [0.1, 0.15) is 17.5 Å². The molecular weight excluding hydrogens is 477 g/mol. The van der Waals surface area contributed by atoms with Crippen LogP contribution < -0.4 is 15.4 Å². The van der Waals surface area contributed by atoms with E-state index in [-0.39, 0.29) is 30.5 Å². The summed E-state index contributed by atoms with van der Waals surface area (Å²) < 4.78 is 52.3. The van der Waals surface area contributed by atoms with E-state index in [0.717, 1.165) is 29.1 Å². The Kier molecular flexibility index (Phi) is 5.04. The van der Waals surface area contributed by atoms with Gasteiger partial charge in [-0.1, -0.05) is 5.16 Å². The van der Waals surface area contributed by atoms with Crippen molar-refractivity contribution in [2.24, 2.45) is 0 Å². The van der Waals surface area contributed by atoms with Gasteiger partial charge in [0.2, 0.25) is 5.88 Å². The summed E-state index contributed by atoms with van der Waals surface area (Å²) in [4.78, 5) is 21.5. The summed E-state index contributed by atoms with van der Waals surface area (Å²) >= 11 is 0. The summed E-state index contributed by atoms with van der Waals surface area (Å²) in [6, 6.07) is 7.80. The van der Waals surface area contributed by atoms with E-state index < -0.39 is 17.6 Å². The third-order valence-electron chi connectivity index (χ3n) is 6.73. The third-order valence-corrected chi connectivity index (χ3v) is 6.73. The van der Waals surface area contributed by atoms with Crippen LogP contribution in [0, 0.1) is 0 Å². The van der Waals surface area contributed by atoms with Crippen molar-refractivity contribution in [3.05, 3.63) is 59.9 Å². The Labute approximate surface area is 202 Å². The first-order chi connectivity index (χ1) is 17.2. The van der Waals surface area contributed by atoms with E-state index in [0.29, 0.717) is 23.7 Å². The topological polar surface area (TPSA) is 107 Å². The molecule has 0 spiro atoms. The minimum atomic E-state index is -4.43. The van der Waals surface area contributed by atoms with Crippen molar-refractivity contribution in [3.63, 3.8) is 0 Å². The molecule has 3 aromatic heterocycles. The fourth-order valence-corrected chi connectivity index (χ4v) is 4.52. The number of halogens is 3. The summed E-state index contributed by atoms with van der Waals surface area (Å²) in [7, 11) is 0. The van der Waals surface area contributed by atoms with E-state index in [1.165, 1.54) is 10.9 Å². The van der Waals surface area contributed by atoms with Crippen molar-refractivity contribution in [3.8, 4) is 11.6 Å². The van der Waals surface area contributed by atoms with Crippen molar-refractivity contribution in [1.82, 2.24) is 25.0 Å². The van der Waals surface area contributed by atoms with Crippen LogP contribution in [0.3, 0.4) is 0 Å². The minimum absolute atomic E-state index is 0.0561. The molecule has 1 aliphatic heterocycles. The number of nitrogens with zero attached hydrogens (tertiary/aromatic N) is 4. The van der Waals surface area contributed by atoms with Gasteiger partial charge in [0, 0.05) is 35.8 Å². The standard InChI is InChI=1S/C24H21F3N6O3/c1-13-8-16-17(11-28-13)29-12-30-21(16)35-15-2-3-18-14(9-15)4-7-33(18)22(34)31-20-10-19(36-32-20)23(5-6-23)24(25,26)27/h2-4,7,9-10,12-13,28H,5-6,8,11H2,1H3,(H,31,32,34)/t13-/m0/s1. The van der Waals surface area contributed by atoms with Gasteiger partial charge < -0.3 is 14.6 Å². The highest BCUT2D eigenvalue weighted by Crippen LogP contribution is 2.59. The van der Waals surface area contributed by atoms with Gasteiger partial charge in [-0.2, -0.15) is 13.2 Å². The molecule has 1 atom stereocenters. The molecule has 0 saturated heterocycles. The lowest BCUT2D eigenvalue weighted by Gasteiger charge is -2.23. The smallest absolute Gasteiger partial charge is 0.401 e. The number of amides is 1. The Morgan fingerprint density at radius 1 is 1.25 bits per heavy atom.